The van der Waals surface area contributed by atoms with Crippen LogP contribution in [0.2, 0.25) is 0 Å². The minimum atomic E-state index is -1.58. The summed E-state index contributed by atoms with van der Waals surface area (Å²) < 4.78 is 0. The molecule has 0 unspecified atom stereocenters. The molecule has 0 aromatic rings. The molecule has 0 bridgehead atoms. The van der Waals surface area contributed by atoms with Crippen molar-refractivity contribution >= 4 is 0 Å². The van der Waals surface area contributed by atoms with Gasteiger partial charge in [0.1, 0.15) is 24.1 Å². The van der Waals surface area contributed by atoms with Crippen molar-refractivity contribution in [1.29, 1.82) is 0 Å². The molecule has 0 aromatic heterocycles. The summed E-state index contributed by atoms with van der Waals surface area (Å²) in [6.07, 6.45) is -2.76. The standard InChI is InChI=1S/C8H16O5/c1-2-3-5(10)7(12)8(13)6(11)4-9/h3,6-13H,2,4H2,1H3/t6-,7+,8-/m1/s1. The van der Waals surface area contributed by atoms with E-state index in [1.54, 1.807) is 6.92 Å². The Morgan fingerprint density at radius 3 is 2.23 bits per heavy atom. The normalized spacial score (nSPS) is 19.6. The lowest BCUT2D eigenvalue weighted by molar-refractivity contribution is -0.0742. The molecule has 0 spiro atoms. The smallest absolute Gasteiger partial charge is 0.139 e. The van der Waals surface area contributed by atoms with E-state index >= 15 is 0 Å². The van der Waals surface area contributed by atoms with Crippen LogP contribution in [0.3, 0.4) is 0 Å². The van der Waals surface area contributed by atoms with Gasteiger partial charge in [-0.25, -0.2) is 0 Å². The van der Waals surface area contributed by atoms with Gasteiger partial charge in [-0.15, -0.1) is 0 Å². The van der Waals surface area contributed by atoms with E-state index < -0.39 is 30.7 Å². The topological polar surface area (TPSA) is 101 Å². The summed E-state index contributed by atoms with van der Waals surface area (Å²) in [6.45, 7) is 1.08. The summed E-state index contributed by atoms with van der Waals surface area (Å²) in [6, 6.07) is 0. The molecule has 5 nitrogen and oxygen atoms in total. The van der Waals surface area contributed by atoms with E-state index in [0.29, 0.717) is 6.42 Å². The first-order valence-corrected chi connectivity index (χ1v) is 4.08. The van der Waals surface area contributed by atoms with Gasteiger partial charge < -0.3 is 25.5 Å². The van der Waals surface area contributed by atoms with E-state index in [4.69, 9.17) is 20.4 Å². The van der Waals surface area contributed by atoms with E-state index in [1.165, 1.54) is 6.08 Å². The average molecular weight is 192 g/mol. The molecular formula is C8H16O5. The van der Waals surface area contributed by atoms with Crippen molar-refractivity contribution in [3.63, 3.8) is 0 Å². The first-order chi connectivity index (χ1) is 6.04. The van der Waals surface area contributed by atoms with E-state index in [2.05, 4.69) is 0 Å². The molecule has 0 saturated carbocycles. The van der Waals surface area contributed by atoms with Crippen molar-refractivity contribution in [2.45, 2.75) is 31.7 Å². The highest BCUT2D eigenvalue weighted by atomic mass is 16.4. The molecule has 0 saturated heterocycles. The van der Waals surface area contributed by atoms with Crippen molar-refractivity contribution in [1.82, 2.24) is 0 Å². The van der Waals surface area contributed by atoms with Gasteiger partial charge in [-0.1, -0.05) is 6.92 Å². The monoisotopic (exact) mass is 192 g/mol. The number of hydrogen-bond acceptors (Lipinski definition) is 5. The third-order valence-corrected chi connectivity index (χ3v) is 1.62. The van der Waals surface area contributed by atoms with Crippen molar-refractivity contribution in [2.75, 3.05) is 6.61 Å². The van der Waals surface area contributed by atoms with Gasteiger partial charge in [-0.2, -0.15) is 0 Å². The van der Waals surface area contributed by atoms with Crippen molar-refractivity contribution in [2.24, 2.45) is 0 Å². The second-order valence-corrected chi connectivity index (χ2v) is 2.72. The van der Waals surface area contributed by atoms with E-state index in [1.807, 2.05) is 0 Å². The van der Waals surface area contributed by atoms with Crippen LogP contribution in [0.5, 0.6) is 0 Å². The third kappa shape index (κ3) is 3.73. The highest BCUT2D eigenvalue weighted by molar-refractivity contribution is 5.01. The van der Waals surface area contributed by atoms with Gasteiger partial charge in [0, 0.05) is 0 Å². The largest absolute Gasteiger partial charge is 0.510 e. The van der Waals surface area contributed by atoms with Crippen LogP contribution in [-0.4, -0.2) is 50.5 Å². The predicted octanol–water partition coefficient (Wildman–Crippen LogP) is -1.09. The van der Waals surface area contributed by atoms with Crippen LogP contribution in [0, 0.1) is 0 Å². The summed E-state index contributed by atoms with van der Waals surface area (Å²) >= 11 is 0. The Labute approximate surface area is 76.6 Å². The highest BCUT2D eigenvalue weighted by Gasteiger charge is 2.26. The molecule has 0 amide bonds. The summed E-state index contributed by atoms with van der Waals surface area (Å²) in [5, 5.41) is 44.8. The molecule has 78 valence electrons. The van der Waals surface area contributed by atoms with Crippen molar-refractivity contribution < 1.29 is 25.5 Å². The number of hydrogen-bond donors (Lipinski definition) is 5. The lowest BCUT2D eigenvalue weighted by Crippen LogP contribution is -2.40. The zero-order chi connectivity index (χ0) is 10.4. The Morgan fingerprint density at radius 1 is 1.31 bits per heavy atom. The Balaban J connectivity index is 4.24. The van der Waals surface area contributed by atoms with Crippen LogP contribution in [0.4, 0.5) is 0 Å². The Hall–Kier alpha value is -0.620. The lowest BCUT2D eigenvalue weighted by atomic mass is 10.1. The molecule has 0 radical (unpaired) electrons. The average Bonchev–Trinajstić information content (AvgIpc) is 2.14. The second-order valence-electron chi connectivity index (χ2n) is 2.72. The summed E-state index contributed by atoms with van der Waals surface area (Å²) in [4.78, 5) is 0. The Kier molecular flexibility index (Phi) is 5.65. The Bertz CT molecular complexity index is 168. The third-order valence-electron chi connectivity index (χ3n) is 1.62. The fourth-order valence-electron chi connectivity index (χ4n) is 0.823. The van der Waals surface area contributed by atoms with Crippen molar-refractivity contribution in [3.05, 3.63) is 11.8 Å². The number of aliphatic hydroxyl groups excluding tert-OH is 5. The molecular weight excluding hydrogens is 176 g/mol. The van der Waals surface area contributed by atoms with Gasteiger partial charge in [0.15, 0.2) is 0 Å². The van der Waals surface area contributed by atoms with E-state index in [-0.39, 0.29) is 0 Å². The molecule has 0 heterocycles. The summed E-state index contributed by atoms with van der Waals surface area (Å²) in [7, 11) is 0. The Morgan fingerprint density at radius 2 is 1.85 bits per heavy atom. The van der Waals surface area contributed by atoms with Gasteiger partial charge in [-0.05, 0) is 12.5 Å². The van der Waals surface area contributed by atoms with E-state index in [9.17, 15) is 5.11 Å². The SMILES string of the molecule is CCC=C(O)[C@H](O)[C@H](O)[C@H](O)CO. The fraction of sp³-hybridized carbons (Fsp3) is 0.750. The maximum absolute atomic E-state index is 9.18. The molecule has 0 fully saturated rings. The fourth-order valence-corrected chi connectivity index (χ4v) is 0.823. The van der Waals surface area contributed by atoms with Gasteiger partial charge in [0.2, 0.25) is 0 Å². The zero-order valence-corrected chi connectivity index (χ0v) is 7.46. The number of allylic oxidation sites excluding steroid dienone is 1. The zero-order valence-electron chi connectivity index (χ0n) is 7.46. The first-order valence-electron chi connectivity index (χ1n) is 4.08. The quantitative estimate of drug-likeness (QED) is 0.356. The van der Waals surface area contributed by atoms with Gasteiger partial charge >= 0.3 is 0 Å². The minimum absolute atomic E-state index is 0.400. The molecule has 0 aliphatic carbocycles. The maximum atomic E-state index is 9.18. The van der Waals surface area contributed by atoms with Gasteiger partial charge in [0.05, 0.1) is 6.61 Å². The van der Waals surface area contributed by atoms with Crippen LogP contribution >= 0.6 is 0 Å². The van der Waals surface area contributed by atoms with Crippen LogP contribution in [0.1, 0.15) is 13.3 Å². The second kappa shape index (κ2) is 5.93. The molecule has 5 N–H and O–H groups in total. The highest BCUT2D eigenvalue weighted by Crippen LogP contribution is 2.08. The molecule has 13 heavy (non-hydrogen) atoms. The minimum Gasteiger partial charge on any atom is -0.510 e. The lowest BCUT2D eigenvalue weighted by Gasteiger charge is -2.20. The first kappa shape index (κ1) is 12.4. The molecule has 5 heteroatoms. The summed E-state index contributed by atoms with van der Waals surface area (Å²) in [5.41, 5.74) is 0. The van der Waals surface area contributed by atoms with Crippen molar-refractivity contribution in [3.8, 4) is 0 Å². The van der Waals surface area contributed by atoms with Gasteiger partial charge in [0.25, 0.3) is 0 Å². The van der Waals surface area contributed by atoms with Crippen LogP contribution in [0.25, 0.3) is 0 Å². The van der Waals surface area contributed by atoms with Gasteiger partial charge in [-0.3, -0.25) is 0 Å². The number of rotatable bonds is 5. The van der Waals surface area contributed by atoms with Crippen LogP contribution in [0.15, 0.2) is 11.8 Å². The molecule has 0 aromatic carbocycles. The summed E-state index contributed by atoms with van der Waals surface area (Å²) in [5.74, 6) is -0.400. The predicted molar refractivity (Wildman–Crippen MR) is 46.1 cm³/mol. The van der Waals surface area contributed by atoms with E-state index in [0.717, 1.165) is 0 Å². The molecule has 0 rings (SSSR count). The van der Waals surface area contributed by atoms with Crippen LogP contribution < -0.4 is 0 Å². The maximum Gasteiger partial charge on any atom is 0.139 e. The molecule has 0 aliphatic rings. The number of aliphatic hydroxyl groups is 5. The molecule has 3 atom stereocenters. The van der Waals surface area contributed by atoms with Crippen LogP contribution in [-0.2, 0) is 0 Å². The molecule has 0 aliphatic heterocycles.